The minimum Gasteiger partial charge on any atom is -0.455 e. The molecule has 1 aromatic heterocycles. The van der Waals surface area contributed by atoms with E-state index in [4.69, 9.17) is 9.47 Å². The summed E-state index contributed by atoms with van der Waals surface area (Å²) in [5.41, 5.74) is 0.750. The van der Waals surface area contributed by atoms with Gasteiger partial charge < -0.3 is 29.3 Å². The number of likely N-dealkylation sites (N-methyl/N-ethyl adjacent to an activating group) is 1. The van der Waals surface area contributed by atoms with Crippen LogP contribution in [0.25, 0.3) is 11.0 Å². The van der Waals surface area contributed by atoms with Gasteiger partial charge in [0.25, 0.3) is 0 Å². The Labute approximate surface area is 311 Å². The lowest BCUT2D eigenvalue weighted by Gasteiger charge is -2.37. The number of nitrogens with zero attached hydrogens (tertiary/aromatic N) is 6. The molecule has 52 heavy (non-hydrogen) atoms. The number of carbonyl (C=O) groups is 4. The van der Waals surface area contributed by atoms with Crippen LogP contribution in [0.15, 0.2) is 79.9 Å². The first-order valence-corrected chi connectivity index (χ1v) is 18.5. The summed E-state index contributed by atoms with van der Waals surface area (Å²) in [6.07, 6.45) is 2.99. The highest BCUT2D eigenvalue weighted by atomic mass is 79.9. The first-order valence-electron chi connectivity index (χ1n) is 17.6. The summed E-state index contributed by atoms with van der Waals surface area (Å²) in [4.78, 5) is 61.1. The van der Waals surface area contributed by atoms with E-state index in [9.17, 15) is 24.3 Å². The van der Waals surface area contributed by atoms with Gasteiger partial charge in [-0.1, -0.05) is 75.8 Å². The van der Waals surface area contributed by atoms with Crippen molar-refractivity contribution in [2.75, 3.05) is 26.7 Å². The average molecular weight is 778 g/mol. The summed E-state index contributed by atoms with van der Waals surface area (Å²) in [6.45, 7) is 9.47. The second-order valence-electron chi connectivity index (χ2n) is 13.7. The molecule has 0 saturated carbocycles. The molecule has 0 aliphatic carbocycles. The number of para-hydroxylation sites is 1. The molecule has 13 nitrogen and oxygen atoms in total. The average Bonchev–Trinajstić information content (AvgIpc) is 3.88. The van der Waals surface area contributed by atoms with E-state index < -0.39 is 59.5 Å². The van der Waals surface area contributed by atoms with E-state index >= 15 is 0 Å². The van der Waals surface area contributed by atoms with Crippen LogP contribution < -0.4 is 0 Å². The lowest BCUT2D eigenvalue weighted by Crippen LogP contribution is -2.57. The number of hydrogen-bond acceptors (Lipinski definition) is 9. The molecule has 3 saturated heterocycles. The van der Waals surface area contributed by atoms with Crippen LogP contribution >= 0.6 is 15.9 Å². The van der Waals surface area contributed by atoms with Crippen molar-refractivity contribution in [3.05, 3.63) is 85.5 Å². The number of amides is 3. The fraction of sp³-hybridized carbons (Fsp3) is 0.474. The number of alkyl halides is 1. The number of benzene rings is 2. The normalized spacial score (nSPS) is 25.8. The minimum absolute atomic E-state index is 0.0347. The molecule has 2 aromatic carbocycles. The molecule has 3 aliphatic rings. The number of carbonyl (C=O) groups excluding carboxylic acids is 4. The lowest BCUT2D eigenvalue weighted by molar-refractivity contribution is -0.164. The van der Waals surface area contributed by atoms with Gasteiger partial charge in [0, 0.05) is 38.0 Å². The third-order valence-electron chi connectivity index (χ3n) is 10.6. The topological polar surface area (TPSA) is 147 Å². The number of aliphatic hydroxyl groups excluding tert-OH is 1. The molecular weight excluding hydrogens is 732 g/mol. The van der Waals surface area contributed by atoms with Crippen LogP contribution in [0, 0.1) is 11.8 Å². The Morgan fingerprint density at radius 2 is 1.88 bits per heavy atom. The van der Waals surface area contributed by atoms with E-state index in [2.05, 4.69) is 39.4 Å². The summed E-state index contributed by atoms with van der Waals surface area (Å²) in [6, 6.07) is 15.0. The van der Waals surface area contributed by atoms with Gasteiger partial charge in [-0.05, 0) is 43.9 Å². The number of esters is 1. The number of rotatable bonds is 16. The molecule has 1 spiro atoms. The van der Waals surface area contributed by atoms with Crippen LogP contribution in [0.4, 0.5) is 0 Å². The quantitative estimate of drug-likeness (QED) is 0.131. The van der Waals surface area contributed by atoms with Gasteiger partial charge in [0.1, 0.15) is 29.9 Å². The Kier molecular flexibility index (Phi) is 11.3. The molecular formula is C38H45BrN6O7. The molecule has 1 N–H and O–H groups in total. The standard InChI is InChI=1S/C38H45BrN6O7/c1-5-7-18-29(47)42(4)24(3)32(25-14-9-8-10-15-25)51-37(50)30-31-35(48)44(20-13-21-46)34(38(31)22-26(39)33(30)52-38)36(49)43(19-6-2)23-45-28-17-12-11-16-27(28)40-41-45/h5-6,8-12,14-17,24,26,30-34,46H,1-2,7,13,18-23H2,3-4H3/t24-,26?,30-,31+,32+,33-,34-,38+/m1/s1. The highest BCUT2D eigenvalue weighted by Gasteiger charge is 2.77. The van der Waals surface area contributed by atoms with Crippen LogP contribution in [0.2, 0.25) is 0 Å². The Balaban J connectivity index is 1.33. The molecule has 3 aromatic rings. The van der Waals surface area contributed by atoms with Gasteiger partial charge >= 0.3 is 5.97 Å². The molecule has 2 bridgehead atoms. The van der Waals surface area contributed by atoms with E-state index in [0.717, 1.165) is 5.52 Å². The molecule has 0 radical (unpaired) electrons. The minimum atomic E-state index is -1.35. The number of allylic oxidation sites excluding steroid dienone is 1. The van der Waals surface area contributed by atoms with Gasteiger partial charge in [-0.15, -0.1) is 18.3 Å². The molecule has 1 unspecified atom stereocenters. The van der Waals surface area contributed by atoms with Crippen molar-refractivity contribution in [2.24, 2.45) is 11.8 Å². The SMILES string of the molecule is C=CCCC(=O)N(C)[C@H](C)[C@H](OC(=O)[C@H]1[C@@H]2O[C@@]3(CC2Br)[C@@H]1C(=O)N(CCCO)[C@@H]3C(=O)N(CC=C)Cn1nnc2ccccc21)c1ccccc1. The predicted molar refractivity (Wildman–Crippen MR) is 195 cm³/mol. The van der Waals surface area contributed by atoms with Crippen molar-refractivity contribution in [2.45, 2.75) is 74.0 Å². The maximum atomic E-state index is 14.8. The zero-order valence-electron chi connectivity index (χ0n) is 29.4. The molecule has 6 rings (SSSR count). The van der Waals surface area contributed by atoms with Crippen molar-refractivity contribution in [1.29, 1.82) is 0 Å². The Morgan fingerprint density at radius 1 is 1.15 bits per heavy atom. The summed E-state index contributed by atoms with van der Waals surface area (Å²) in [7, 11) is 1.68. The van der Waals surface area contributed by atoms with Crippen LogP contribution in [0.3, 0.4) is 0 Å². The maximum Gasteiger partial charge on any atom is 0.313 e. The third-order valence-corrected chi connectivity index (χ3v) is 11.5. The number of halogens is 1. The smallest absolute Gasteiger partial charge is 0.313 e. The largest absolute Gasteiger partial charge is 0.455 e. The highest BCUT2D eigenvalue weighted by Crippen LogP contribution is 2.60. The second-order valence-corrected chi connectivity index (χ2v) is 14.9. The summed E-state index contributed by atoms with van der Waals surface area (Å²) < 4.78 is 14.6. The van der Waals surface area contributed by atoms with Gasteiger partial charge in [0.2, 0.25) is 17.7 Å². The molecule has 3 aliphatic heterocycles. The van der Waals surface area contributed by atoms with Crippen molar-refractivity contribution in [3.8, 4) is 0 Å². The van der Waals surface area contributed by atoms with Gasteiger partial charge in [0.15, 0.2) is 0 Å². The van der Waals surface area contributed by atoms with Crippen molar-refractivity contribution >= 4 is 50.7 Å². The van der Waals surface area contributed by atoms with Crippen LogP contribution in [-0.2, 0) is 35.3 Å². The van der Waals surface area contributed by atoms with Crippen LogP contribution in [0.1, 0.15) is 44.3 Å². The second kappa shape index (κ2) is 15.7. The van der Waals surface area contributed by atoms with Gasteiger partial charge in [-0.3, -0.25) is 19.2 Å². The molecule has 3 amide bonds. The summed E-state index contributed by atoms with van der Waals surface area (Å²) >= 11 is 3.73. The Hall–Kier alpha value is -4.40. The van der Waals surface area contributed by atoms with E-state index in [1.165, 1.54) is 4.90 Å². The monoisotopic (exact) mass is 776 g/mol. The van der Waals surface area contributed by atoms with Gasteiger partial charge in [0.05, 0.1) is 29.5 Å². The maximum absolute atomic E-state index is 14.8. The van der Waals surface area contributed by atoms with Crippen molar-refractivity contribution in [1.82, 2.24) is 29.7 Å². The Morgan fingerprint density at radius 3 is 2.60 bits per heavy atom. The van der Waals surface area contributed by atoms with E-state index in [1.54, 1.807) is 33.7 Å². The molecule has 4 heterocycles. The Bertz CT molecular complexity index is 1820. The fourth-order valence-corrected chi connectivity index (χ4v) is 8.96. The number of fused-ring (bicyclic) bond motifs is 2. The third kappa shape index (κ3) is 6.67. The van der Waals surface area contributed by atoms with Crippen molar-refractivity contribution < 1.29 is 33.8 Å². The number of aliphatic hydroxyl groups is 1. The van der Waals surface area contributed by atoms with Crippen molar-refractivity contribution in [3.63, 3.8) is 0 Å². The molecule has 3 fully saturated rings. The first kappa shape index (κ1) is 37.4. The zero-order valence-corrected chi connectivity index (χ0v) is 31.0. The van der Waals surface area contributed by atoms with E-state index in [-0.39, 0.29) is 49.9 Å². The number of ether oxygens (including phenoxy) is 2. The highest BCUT2D eigenvalue weighted by molar-refractivity contribution is 9.09. The van der Waals surface area contributed by atoms with Gasteiger partial charge in [-0.25, -0.2) is 4.68 Å². The number of hydrogen-bond donors (Lipinski definition) is 1. The molecule has 14 heteroatoms. The summed E-state index contributed by atoms with van der Waals surface area (Å²) in [5.74, 6) is -3.61. The van der Waals surface area contributed by atoms with E-state index in [1.807, 2.05) is 61.5 Å². The molecule has 276 valence electrons. The van der Waals surface area contributed by atoms with E-state index in [0.29, 0.717) is 23.9 Å². The molecule has 8 atom stereocenters. The number of likely N-dealkylation sites (tertiary alicyclic amines) is 1. The zero-order chi connectivity index (χ0) is 37.2. The first-order chi connectivity index (χ1) is 25.1. The van der Waals surface area contributed by atoms with Crippen LogP contribution in [-0.4, -0.2) is 114 Å². The lowest BCUT2D eigenvalue weighted by atomic mass is 9.70. The summed E-state index contributed by atoms with van der Waals surface area (Å²) in [5, 5.41) is 18.3. The fourth-order valence-electron chi connectivity index (χ4n) is 8.01. The van der Waals surface area contributed by atoms with Gasteiger partial charge in [-0.2, -0.15) is 0 Å². The number of aromatic nitrogens is 3. The predicted octanol–water partition coefficient (Wildman–Crippen LogP) is 3.63. The van der Waals surface area contributed by atoms with Crippen LogP contribution in [0.5, 0.6) is 0 Å².